The van der Waals surface area contributed by atoms with E-state index in [0.29, 0.717) is 6.54 Å². The molecule has 0 bridgehead atoms. The Morgan fingerprint density at radius 3 is 3.00 bits per heavy atom. The molecule has 0 radical (unpaired) electrons. The van der Waals surface area contributed by atoms with Crippen LogP contribution in [0.25, 0.3) is 0 Å². The smallest absolute Gasteiger partial charge is 0.319 e. The average molecular weight is 267 g/mol. The lowest BCUT2D eigenvalue weighted by Gasteiger charge is -2.27. The largest absolute Gasteiger partial charge is 0.393 e. The third-order valence-electron chi connectivity index (χ3n) is 3.41. The van der Waals surface area contributed by atoms with Gasteiger partial charge in [-0.3, -0.25) is 4.98 Å². The predicted octanol–water partition coefficient (Wildman–Crippen LogP) is 1.89. The molecule has 6 heteroatoms. The van der Waals surface area contributed by atoms with Crippen molar-refractivity contribution in [2.45, 2.75) is 31.8 Å². The van der Waals surface area contributed by atoms with Crippen molar-refractivity contribution >= 4 is 11.7 Å². The maximum Gasteiger partial charge on any atom is 0.319 e. The van der Waals surface area contributed by atoms with Crippen LogP contribution < -0.4 is 10.6 Å². The zero-order valence-electron chi connectivity index (χ0n) is 10.6. The Morgan fingerprint density at radius 2 is 2.26 bits per heavy atom. The number of hydrogen-bond acceptors (Lipinski definition) is 3. The van der Waals surface area contributed by atoms with Gasteiger partial charge in [0.2, 0.25) is 0 Å². The molecule has 2 amide bonds. The predicted molar refractivity (Wildman–Crippen MR) is 69.2 cm³/mol. The van der Waals surface area contributed by atoms with Crippen molar-refractivity contribution in [3.05, 3.63) is 24.3 Å². The Labute approximate surface area is 111 Å². The second kappa shape index (κ2) is 6.47. The van der Waals surface area contributed by atoms with Crippen molar-refractivity contribution < 1.29 is 14.3 Å². The van der Waals surface area contributed by atoms with Crippen molar-refractivity contribution in [1.82, 2.24) is 10.3 Å². The lowest BCUT2D eigenvalue weighted by molar-refractivity contribution is 0.0711. The van der Waals surface area contributed by atoms with Crippen LogP contribution in [0, 0.1) is 11.7 Å². The SMILES string of the molecule is O=C(NC[C@@H]1CCCC[C@H]1O)Nc1ccncc1F. The molecule has 0 aromatic carbocycles. The fourth-order valence-corrected chi connectivity index (χ4v) is 2.29. The van der Waals surface area contributed by atoms with Gasteiger partial charge in [-0.25, -0.2) is 9.18 Å². The van der Waals surface area contributed by atoms with E-state index >= 15 is 0 Å². The molecule has 3 N–H and O–H groups in total. The minimum absolute atomic E-state index is 0.0850. The number of carbonyl (C=O) groups is 1. The summed E-state index contributed by atoms with van der Waals surface area (Å²) >= 11 is 0. The first kappa shape index (κ1) is 13.7. The Hall–Kier alpha value is -1.69. The highest BCUT2D eigenvalue weighted by atomic mass is 19.1. The van der Waals surface area contributed by atoms with Crippen molar-refractivity contribution in [3.63, 3.8) is 0 Å². The molecule has 104 valence electrons. The molecule has 1 aromatic heterocycles. The molecule has 5 nitrogen and oxygen atoms in total. The van der Waals surface area contributed by atoms with E-state index in [9.17, 15) is 14.3 Å². The van der Waals surface area contributed by atoms with Crippen LogP contribution in [0.2, 0.25) is 0 Å². The minimum atomic E-state index is -0.574. The summed E-state index contributed by atoms with van der Waals surface area (Å²) < 4.78 is 13.3. The molecular weight excluding hydrogens is 249 g/mol. The Morgan fingerprint density at radius 1 is 1.47 bits per heavy atom. The molecule has 1 aliphatic carbocycles. The molecule has 0 spiro atoms. The van der Waals surface area contributed by atoms with Gasteiger partial charge in [-0.05, 0) is 18.9 Å². The first-order valence-electron chi connectivity index (χ1n) is 6.49. The van der Waals surface area contributed by atoms with Crippen LogP contribution in [-0.2, 0) is 0 Å². The Kier molecular flexibility index (Phi) is 4.68. The van der Waals surface area contributed by atoms with E-state index in [1.54, 1.807) is 0 Å². The van der Waals surface area contributed by atoms with Crippen molar-refractivity contribution in [2.75, 3.05) is 11.9 Å². The normalized spacial score (nSPS) is 22.8. The second-order valence-electron chi connectivity index (χ2n) is 4.80. The van der Waals surface area contributed by atoms with Gasteiger partial charge in [-0.1, -0.05) is 12.8 Å². The number of aromatic nitrogens is 1. The van der Waals surface area contributed by atoms with Gasteiger partial charge >= 0.3 is 6.03 Å². The highest BCUT2D eigenvalue weighted by molar-refractivity contribution is 5.89. The zero-order valence-corrected chi connectivity index (χ0v) is 10.6. The van der Waals surface area contributed by atoms with Crippen LogP contribution in [0.15, 0.2) is 18.5 Å². The summed E-state index contributed by atoms with van der Waals surface area (Å²) in [6.07, 6.45) is 5.89. The fourth-order valence-electron chi connectivity index (χ4n) is 2.29. The topological polar surface area (TPSA) is 74.2 Å². The van der Waals surface area contributed by atoms with Crippen LogP contribution in [0.1, 0.15) is 25.7 Å². The van der Waals surface area contributed by atoms with Crippen LogP contribution in [-0.4, -0.2) is 28.8 Å². The van der Waals surface area contributed by atoms with Crippen molar-refractivity contribution in [3.8, 4) is 0 Å². The number of rotatable bonds is 3. The summed E-state index contributed by atoms with van der Waals surface area (Å²) in [5.41, 5.74) is 0.0942. The van der Waals surface area contributed by atoms with Crippen LogP contribution in [0.4, 0.5) is 14.9 Å². The van der Waals surface area contributed by atoms with E-state index < -0.39 is 11.8 Å². The molecule has 1 aromatic rings. The monoisotopic (exact) mass is 267 g/mol. The van der Waals surface area contributed by atoms with Crippen LogP contribution >= 0.6 is 0 Å². The van der Waals surface area contributed by atoms with Gasteiger partial charge in [0.1, 0.15) is 0 Å². The van der Waals surface area contributed by atoms with E-state index in [0.717, 1.165) is 31.9 Å². The number of urea groups is 1. The second-order valence-corrected chi connectivity index (χ2v) is 4.80. The third kappa shape index (κ3) is 3.89. The van der Waals surface area contributed by atoms with Gasteiger partial charge in [0.15, 0.2) is 5.82 Å². The zero-order chi connectivity index (χ0) is 13.7. The maximum absolute atomic E-state index is 13.3. The van der Waals surface area contributed by atoms with Gasteiger partial charge in [0.25, 0.3) is 0 Å². The molecule has 0 aliphatic heterocycles. The first-order chi connectivity index (χ1) is 9.16. The third-order valence-corrected chi connectivity index (χ3v) is 3.41. The van der Waals surface area contributed by atoms with Gasteiger partial charge in [-0.15, -0.1) is 0 Å². The Balaban J connectivity index is 1.80. The van der Waals surface area contributed by atoms with Gasteiger partial charge < -0.3 is 15.7 Å². The summed E-state index contributed by atoms with van der Waals surface area (Å²) in [5.74, 6) is -0.489. The highest BCUT2D eigenvalue weighted by Crippen LogP contribution is 2.23. The van der Waals surface area contributed by atoms with Gasteiger partial charge in [0.05, 0.1) is 18.0 Å². The number of pyridine rings is 1. The van der Waals surface area contributed by atoms with Crippen molar-refractivity contribution in [1.29, 1.82) is 0 Å². The standard InChI is InChI=1S/C13H18FN3O2/c14-10-8-15-6-5-11(10)17-13(19)16-7-9-3-1-2-4-12(9)18/h5-6,8-9,12,18H,1-4,7H2,(H2,15,16,17,19)/t9-,12+/m0/s1. The van der Waals surface area contributed by atoms with E-state index in [1.807, 2.05) is 0 Å². The quantitative estimate of drug-likeness (QED) is 0.783. The summed E-state index contributed by atoms with van der Waals surface area (Å²) in [5, 5.41) is 14.9. The number of nitrogens with zero attached hydrogens (tertiary/aromatic N) is 1. The van der Waals surface area contributed by atoms with Crippen LogP contribution in [0.3, 0.4) is 0 Å². The number of nitrogens with one attached hydrogen (secondary N) is 2. The number of halogens is 1. The minimum Gasteiger partial charge on any atom is -0.393 e. The summed E-state index contributed by atoms with van der Waals surface area (Å²) in [6.45, 7) is 0.402. The molecule has 0 unspecified atom stereocenters. The van der Waals surface area contributed by atoms with E-state index in [2.05, 4.69) is 15.6 Å². The van der Waals surface area contributed by atoms with Gasteiger partial charge in [0, 0.05) is 18.7 Å². The number of anilines is 1. The highest BCUT2D eigenvalue weighted by Gasteiger charge is 2.23. The van der Waals surface area contributed by atoms with Gasteiger partial charge in [-0.2, -0.15) is 0 Å². The number of aliphatic hydroxyl groups excluding tert-OH is 1. The molecule has 19 heavy (non-hydrogen) atoms. The molecule has 2 atom stereocenters. The lowest BCUT2D eigenvalue weighted by Crippen LogP contribution is -2.38. The number of carbonyl (C=O) groups excluding carboxylic acids is 1. The number of aliphatic hydroxyl groups is 1. The molecule has 1 heterocycles. The maximum atomic E-state index is 13.3. The van der Waals surface area contributed by atoms with E-state index in [1.165, 1.54) is 12.3 Å². The molecule has 2 rings (SSSR count). The first-order valence-corrected chi connectivity index (χ1v) is 6.49. The Bertz CT molecular complexity index is 442. The fraction of sp³-hybridized carbons (Fsp3) is 0.538. The number of amides is 2. The molecular formula is C13H18FN3O2. The molecule has 1 aliphatic rings. The van der Waals surface area contributed by atoms with Crippen molar-refractivity contribution in [2.24, 2.45) is 5.92 Å². The molecule has 1 fully saturated rings. The van der Waals surface area contributed by atoms with Crippen LogP contribution in [0.5, 0.6) is 0 Å². The van der Waals surface area contributed by atoms with E-state index in [-0.39, 0.29) is 17.7 Å². The summed E-state index contributed by atoms with van der Waals surface area (Å²) in [4.78, 5) is 15.2. The number of hydrogen-bond donors (Lipinski definition) is 3. The van der Waals surface area contributed by atoms with E-state index in [4.69, 9.17) is 0 Å². The summed E-state index contributed by atoms with van der Waals surface area (Å²) in [6, 6.07) is 0.924. The lowest BCUT2D eigenvalue weighted by atomic mass is 9.86. The summed E-state index contributed by atoms with van der Waals surface area (Å²) in [7, 11) is 0. The molecule has 0 saturated heterocycles. The average Bonchev–Trinajstić information content (AvgIpc) is 2.40. The molecule has 1 saturated carbocycles.